The molecule has 0 bridgehead atoms. The Kier molecular flexibility index (Phi) is 10.1. The van der Waals surface area contributed by atoms with Gasteiger partial charge in [-0.1, -0.05) is 48.6 Å². The molecule has 0 amide bonds. The lowest BCUT2D eigenvalue weighted by Crippen LogP contribution is -2.17. The molecule has 0 atom stereocenters. The van der Waals surface area contributed by atoms with Gasteiger partial charge in [-0.3, -0.25) is 0 Å². The summed E-state index contributed by atoms with van der Waals surface area (Å²) in [5.74, 6) is -7.58. The third-order valence-corrected chi connectivity index (χ3v) is 9.73. The molecule has 2 aliphatic rings. The second-order valence-electron chi connectivity index (χ2n) is 12.0. The van der Waals surface area contributed by atoms with Gasteiger partial charge in [-0.25, -0.2) is 26.0 Å². The molecule has 15 heteroatoms. The third-order valence-electron chi connectivity index (χ3n) is 8.23. The van der Waals surface area contributed by atoms with E-state index in [9.17, 15) is 34.8 Å². The summed E-state index contributed by atoms with van der Waals surface area (Å²) in [7, 11) is -4.45. The largest absolute Gasteiger partial charge is 0.573 e. The summed E-state index contributed by atoms with van der Waals surface area (Å²) in [6.45, 7) is 0. The first kappa shape index (κ1) is 37.4. The smallest absolute Gasteiger partial charge is 0.406 e. The summed E-state index contributed by atoms with van der Waals surface area (Å²) in [4.78, 5) is 0. The van der Waals surface area contributed by atoms with E-state index in [1.807, 2.05) is 0 Å². The molecule has 276 valence electrons. The van der Waals surface area contributed by atoms with Crippen molar-refractivity contribution in [3.8, 4) is 11.5 Å². The minimum Gasteiger partial charge on any atom is -0.406 e. The number of sulfone groups is 1. The maximum Gasteiger partial charge on any atom is 0.573 e. The topological polar surface area (TPSA) is 52.6 Å². The molecule has 4 aromatic carbocycles. The predicted octanol–water partition coefficient (Wildman–Crippen LogP) is 10.9. The summed E-state index contributed by atoms with van der Waals surface area (Å²) in [6, 6.07) is 12.6. The zero-order valence-electron chi connectivity index (χ0n) is 26.9. The van der Waals surface area contributed by atoms with Crippen molar-refractivity contribution >= 4 is 32.1 Å². The van der Waals surface area contributed by atoms with Crippen LogP contribution in [0.15, 0.2) is 97.1 Å². The van der Waals surface area contributed by atoms with Gasteiger partial charge >= 0.3 is 12.7 Å². The molecule has 4 aromatic rings. The highest BCUT2D eigenvalue weighted by Crippen LogP contribution is 2.41. The summed E-state index contributed by atoms with van der Waals surface area (Å²) in [5.41, 5.74) is -0.445. The molecule has 0 saturated heterocycles. The highest BCUT2D eigenvalue weighted by molar-refractivity contribution is 7.89. The van der Waals surface area contributed by atoms with Crippen LogP contribution in [0.2, 0.25) is 0 Å². The Labute approximate surface area is 295 Å². The molecule has 0 unspecified atom stereocenters. The highest BCUT2D eigenvalue weighted by atomic mass is 32.2. The Morgan fingerprint density at radius 1 is 0.509 bits per heavy atom. The summed E-state index contributed by atoms with van der Waals surface area (Å²) in [6.07, 6.45) is -3.23. The summed E-state index contributed by atoms with van der Waals surface area (Å²) < 4.78 is 172. The standard InChI is InChI=1S/C38H24F10O4S/c39-33-17-31(29-11-3-9-27(29)21-5-1-7-25(13-21)51-37(43,44)45)35(41)15-23(33)19-53(49,50)20-24-16-36(42)32(18-34(24)40)30-12-4-10-28(30)22-6-2-8-26(14-22)52-38(46,47)48/h1-2,5-18H,3-4,19-20H2. The molecule has 6 rings (SSSR count). The highest BCUT2D eigenvalue weighted by Gasteiger charge is 2.33. The Morgan fingerprint density at radius 2 is 0.887 bits per heavy atom. The number of allylic oxidation sites excluding steroid dienone is 8. The SMILES string of the molecule is O=S(=O)(Cc1cc(F)c(C2=CCC=C2c2cccc(OC(F)(F)F)c2)cc1F)Cc1cc(F)c(C2=CCC=C2c2cccc(OC(F)(F)F)c2)cc1F. The van der Waals surface area contributed by atoms with Crippen molar-refractivity contribution in [3.63, 3.8) is 0 Å². The number of hydrogen-bond donors (Lipinski definition) is 0. The van der Waals surface area contributed by atoms with Gasteiger partial charge in [-0.05, 0) is 94.8 Å². The van der Waals surface area contributed by atoms with Crippen LogP contribution in [-0.4, -0.2) is 21.1 Å². The van der Waals surface area contributed by atoms with Crippen LogP contribution in [0.3, 0.4) is 0 Å². The van der Waals surface area contributed by atoms with Gasteiger partial charge in [0.15, 0.2) is 9.84 Å². The molecule has 53 heavy (non-hydrogen) atoms. The lowest BCUT2D eigenvalue weighted by Gasteiger charge is -2.15. The van der Waals surface area contributed by atoms with Gasteiger partial charge in [-0.2, -0.15) is 0 Å². The van der Waals surface area contributed by atoms with Gasteiger partial charge in [0.25, 0.3) is 0 Å². The third kappa shape index (κ3) is 8.84. The second-order valence-corrected chi connectivity index (χ2v) is 14.0. The molecule has 0 saturated carbocycles. The van der Waals surface area contributed by atoms with Crippen LogP contribution in [-0.2, 0) is 21.3 Å². The van der Waals surface area contributed by atoms with E-state index in [0.717, 1.165) is 36.4 Å². The average Bonchev–Trinajstić information content (AvgIpc) is 3.73. The van der Waals surface area contributed by atoms with Crippen LogP contribution >= 0.6 is 0 Å². The normalized spacial score (nSPS) is 14.8. The van der Waals surface area contributed by atoms with E-state index < -0.39 is 80.0 Å². The first-order chi connectivity index (χ1) is 24.9. The quantitative estimate of drug-likeness (QED) is 0.151. The fraction of sp³-hybridized carbons (Fsp3) is 0.158. The molecule has 0 radical (unpaired) electrons. The summed E-state index contributed by atoms with van der Waals surface area (Å²) in [5, 5.41) is 0. The van der Waals surface area contributed by atoms with Crippen LogP contribution in [0, 0.1) is 23.3 Å². The average molecular weight is 767 g/mol. The van der Waals surface area contributed by atoms with E-state index in [1.165, 1.54) is 36.4 Å². The van der Waals surface area contributed by atoms with Gasteiger partial charge in [0.1, 0.15) is 34.8 Å². The summed E-state index contributed by atoms with van der Waals surface area (Å²) >= 11 is 0. The number of benzene rings is 4. The van der Waals surface area contributed by atoms with Gasteiger partial charge in [0, 0.05) is 22.3 Å². The van der Waals surface area contributed by atoms with Crippen molar-refractivity contribution in [1.82, 2.24) is 0 Å². The fourth-order valence-electron chi connectivity index (χ4n) is 6.14. The van der Waals surface area contributed by atoms with Gasteiger partial charge in [0.05, 0.1) is 11.5 Å². The number of ether oxygens (including phenoxy) is 2. The Bertz CT molecular complexity index is 2180. The molecule has 0 fully saturated rings. The maximum atomic E-state index is 15.5. The monoisotopic (exact) mass is 766 g/mol. The van der Waals surface area contributed by atoms with Crippen molar-refractivity contribution in [3.05, 3.63) is 154 Å². The molecule has 0 spiro atoms. The Hall–Kier alpha value is -5.31. The first-order valence-corrected chi connectivity index (χ1v) is 17.4. The molecule has 2 aliphatic carbocycles. The fourth-order valence-corrected chi connectivity index (χ4v) is 7.63. The Morgan fingerprint density at radius 3 is 1.26 bits per heavy atom. The van der Waals surface area contributed by atoms with Crippen LogP contribution in [0.25, 0.3) is 22.3 Å². The molecule has 0 N–H and O–H groups in total. The van der Waals surface area contributed by atoms with Crippen molar-refractivity contribution in [1.29, 1.82) is 0 Å². The molecule has 0 aliphatic heterocycles. The second kappa shape index (κ2) is 14.3. The van der Waals surface area contributed by atoms with E-state index in [-0.39, 0.29) is 57.4 Å². The van der Waals surface area contributed by atoms with E-state index in [0.29, 0.717) is 12.1 Å². The molecule has 0 aromatic heterocycles. The lowest BCUT2D eigenvalue weighted by molar-refractivity contribution is -0.275. The van der Waals surface area contributed by atoms with Crippen LogP contribution in [0.4, 0.5) is 43.9 Å². The van der Waals surface area contributed by atoms with E-state index in [2.05, 4.69) is 9.47 Å². The van der Waals surface area contributed by atoms with E-state index in [1.54, 1.807) is 12.2 Å². The van der Waals surface area contributed by atoms with Crippen molar-refractivity contribution in [2.75, 3.05) is 0 Å². The van der Waals surface area contributed by atoms with Crippen LogP contribution in [0.1, 0.15) is 46.2 Å². The Balaban J connectivity index is 1.19. The molecule has 4 nitrogen and oxygen atoms in total. The zero-order chi connectivity index (χ0) is 38.3. The van der Waals surface area contributed by atoms with Gasteiger partial charge < -0.3 is 9.47 Å². The molecule has 0 heterocycles. The number of halogens is 10. The number of hydrogen-bond acceptors (Lipinski definition) is 4. The van der Waals surface area contributed by atoms with Gasteiger partial charge in [0.2, 0.25) is 0 Å². The van der Waals surface area contributed by atoms with E-state index >= 15 is 17.6 Å². The minimum absolute atomic E-state index is 0.148. The zero-order valence-corrected chi connectivity index (χ0v) is 27.7. The van der Waals surface area contributed by atoms with Crippen LogP contribution in [0.5, 0.6) is 11.5 Å². The number of alkyl halides is 6. The van der Waals surface area contributed by atoms with E-state index in [4.69, 9.17) is 0 Å². The lowest BCUT2D eigenvalue weighted by atomic mass is 9.93. The molecular weight excluding hydrogens is 742 g/mol. The van der Waals surface area contributed by atoms with Crippen molar-refractivity contribution in [2.24, 2.45) is 0 Å². The van der Waals surface area contributed by atoms with Crippen molar-refractivity contribution in [2.45, 2.75) is 37.1 Å². The van der Waals surface area contributed by atoms with Gasteiger partial charge in [-0.15, -0.1) is 26.3 Å². The predicted molar refractivity (Wildman–Crippen MR) is 176 cm³/mol. The first-order valence-electron chi connectivity index (χ1n) is 15.6. The van der Waals surface area contributed by atoms with Crippen molar-refractivity contribution < 1.29 is 61.8 Å². The number of rotatable bonds is 10. The van der Waals surface area contributed by atoms with Crippen LogP contribution < -0.4 is 9.47 Å². The minimum atomic E-state index is -4.96. The molecular formula is C38H24F10O4S. The maximum absolute atomic E-state index is 15.5.